The summed E-state index contributed by atoms with van der Waals surface area (Å²) < 4.78 is 30.8. The number of fused-ring (bicyclic) bond motifs is 1. The van der Waals surface area contributed by atoms with Crippen molar-refractivity contribution in [3.05, 3.63) is 22.3 Å². The molecule has 2 rings (SSSR count). The lowest BCUT2D eigenvalue weighted by molar-refractivity contribution is 0.147. The predicted octanol–water partition coefficient (Wildman–Crippen LogP) is 3.27. The van der Waals surface area contributed by atoms with E-state index in [-0.39, 0.29) is 5.69 Å². The smallest absolute Gasteiger partial charge is 0.280 e. The minimum atomic E-state index is -2.58. The van der Waals surface area contributed by atoms with Gasteiger partial charge >= 0.3 is 0 Å². The molecule has 1 aromatic heterocycles. The average Bonchev–Trinajstić information content (AvgIpc) is 2.63. The Morgan fingerprint density at radius 2 is 2.20 bits per heavy atom. The van der Waals surface area contributed by atoms with E-state index in [9.17, 15) is 8.78 Å². The number of hydrogen-bond donors (Lipinski definition) is 1. The summed E-state index contributed by atoms with van der Waals surface area (Å²) in [5.41, 5.74) is 0.206. The molecule has 2 aromatic rings. The number of aromatic nitrogens is 2. The lowest BCUT2D eigenvalue weighted by Gasteiger charge is -2.02. The Balaban J connectivity index is 2.79. The molecule has 1 heterocycles. The Kier molecular flexibility index (Phi) is 2.60. The number of nitrogens with one attached hydrogen (secondary N) is 1. The summed E-state index contributed by atoms with van der Waals surface area (Å²) in [6.45, 7) is 0. The highest BCUT2D eigenvalue weighted by Gasteiger charge is 2.19. The Hall–Kier alpha value is -1.17. The molecule has 0 fully saturated rings. The molecular weight excluding hydrogens is 270 g/mol. The highest BCUT2D eigenvalue weighted by atomic mass is 79.9. The molecule has 0 bridgehead atoms. The Morgan fingerprint density at radius 1 is 1.47 bits per heavy atom. The van der Waals surface area contributed by atoms with Gasteiger partial charge in [0.1, 0.15) is 17.0 Å². The monoisotopic (exact) mass is 276 g/mol. The van der Waals surface area contributed by atoms with Crippen LogP contribution in [-0.4, -0.2) is 17.3 Å². The number of rotatable bonds is 2. The first kappa shape index (κ1) is 10.4. The van der Waals surface area contributed by atoms with Gasteiger partial charge in [0.2, 0.25) is 0 Å². The summed E-state index contributed by atoms with van der Waals surface area (Å²) in [6.07, 6.45) is -2.58. The van der Waals surface area contributed by atoms with E-state index in [1.54, 1.807) is 12.1 Å². The zero-order valence-corrected chi connectivity index (χ0v) is 9.31. The third-order valence-electron chi connectivity index (χ3n) is 2.09. The molecule has 0 saturated carbocycles. The van der Waals surface area contributed by atoms with Crippen LogP contribution in [-0.2, 0) is 0 Å². The molecule has 0 spiro atoms. The van der Waals surface area contributed by atoms with Crippen molar-refractivity contribution in [3.63, 3.8) is 0 Å². The van der Waals surface area contributed by atoms with Crippen molar-refractivity contribution < 1.29 is 13.5 Å². The molecule has 3 nitrogen and oxygen atoms in total. The van der Waals surface area contributed by atoms with Crippen LogP contribution in [0.25, 0.3) is 10.9 Å². The van der Waals surface area contributed by atoms with E-state index in [0.717, 1.165) is 0 Å². The third kappa shape index (κ3) is 1.58. The fraction of sp³-hybridized carbons (Fsp3) is 0.222. The van der Waals surface area contributed by atoms with Gasteiger partial charge < -0.3 is 4.74 Å². The Morgan fingerprint density at radius 3 is 2.80 bits per heavy atom. The second-order valence-electron chi connectivity index (χ2n) is 2.91. The van der Waals surface area contributed by atoms with Gasteiger partial charge in [0.15, 0.2) is 0 Å². The minimum Gasteiger partial charge on any atom is -0.494 e. The van der Waals surface area contributed by atoms with Gasteiger partial charge in [-0.1, -0.05) is 15.9 Å². The summed E-state index contributed by atoms with van der Waals surface area (Å²) in [7, 11) is 1.47. The topological polar surface area (TPSA) is 37.9 Å². The van der Waals surface area contributed by atoms with Crippen LogP contribution >= 0.6 is 15.9 Å². The highest BCUT2D eigenvalue weighted by Crippen LogP contribution is 2.35. The number of methoxy groups -OCH3 is 1. The summed E-state index contributed by atoms with van der Waals surface area (Å²) in [5.74, 6) is 0.469. The number of nitrogens with zero attached hydrogens (tertiary/aromatic N) is 1. The predicted molar refractivity (Wildman–Crippen MR) is 55.3 cm³/mol. The SMILES string of the molecule is COc1ccc(Br)c2c(C(F)F)[nH]nc12. The number of alkyl halides is 2. The van der Waals surface area contributed by atoms with Crippen LogP contribution < -0.4 is 4.74 Å². The maximum atomic E-state index is 12.6. The van der Waals surface area contributed by atoms with Gasteiger partial charge in [-0.25, -0.2) is 8.78 Å². The van der Waals surface area contributed by atoms with Gasteiger partial charge in [0, 0.05) is 9.86 Å². The van der Waals surface area contributed by atoms with E-state index in [4.69, 9.17) is 4.74 Å². The van der Waals surface area contributed by atoms with Crippen LogP contribution in [0.4, 0.5) is 8.78 Å². The first-order chi connectivity index (χ1) is 7.15. The van der Waals surface area contributed by atoms with E-state index in [2.05, 4.69) is 26.1 Å². The Labute approximate surface area is 92.6 Å². The zero-order chi connectivity index (χ0) is 11.0. The molecule has 0 saturated heterocycles. The molecule has 1 N–H and O–H groups in total. The van der Waals surface area contributed by atoms with Crippen molar-refractivity contribution in [2.45, 2.75) is 6.43 Å². The van der Waals surface area contributed by atoms with Gasteiger partial charge in [-0.3, -0.25) is 5.10 Å². The van der Waals surface area contributed by atoms with Crippen molar-refractivity contribution in [3.8, 4) is 5.75 Å². The molecule has 1 aromatic carbocycles. The number of aromatic amines is 1. The van der Waals surface area contributed by atoms with Crippen LogP contribution in [0.15, 0.2) is 16.6 Å². The van der Waals surface area contributed by atoms with E-state index < -0.39 is 6.43 Å². The molecule has 0 unspecified atom stereocenters. The summed E-state index contributed by atoms with van der Waals surface area (Å²) in [6, 6.07) is 3.32. The van der Waals surface area contributed by atoms with Crippen LogP contribution in [0.5, 0.6) is 5.75 Å². The fourth-order valence-corrected chi connectivity index (χ4v) is 1.94. The zero-order valence-electron chi connectivity index (χ0n) is 7.72. The van der Waals surface area contributed by atoms with Crippen LogP contribution in [0, 0.1) is 0 Å². The molecule has 0 radical (unpaired) electrons. The van der Waals surface area contributed by atoms with E-state index in [1.165, 1.54) is 7.11 Å². The number of ether oxygens (including phenoxy) is 1. The molecule has 0 aliphatic carbocycles. The number of benzene rings is 1. The molecule has 0 amide bonds. The fourth-order valence-electron chi connectivity index (χ4n) is 1.41. The molecular formula is C9H7BrF2N2O. The van der Waals surface area contributed by atoms with E-state index in [0.29, 0.717) is 21.1 Å². The van der Waals surface area contributed by atoms with Crippen molar-refractivity contribution in [1.29, 1.82) is 0 Å². The van der Waals surface area contributed by atoms with Crippen molar-refractivity contribution in [2.24, 2.45) is 0 Å². The van der Waals surface area contributed by atoms with Gasteiger partial charge in [-0.15, -0.1) is 0 Å². The van der Waals surface area contributed by atoms with Crippen LogP contribution in [0.1, 0.15) is 12.1 Å². The van der Waals surface area contributed by atoms with Gasteiger partial charge in [-0.05, 0) is 12.1 Å². The van der Waals surface area contributed by atoms with Gasteiger partial charge in [-0.2, -0.15) is 5.10 Å². The maximum absolute atomic E-state index is 12.6. The summed E-state index contributed by atoms with van der Waals surface area (Å²) >= 11 is 3.21. The molecule has 80 valence electrons. The molecule has 0 aliphatic rings. The maximum Gasteiger partial charge on any atom is 0.280 e. The molecule has 6 heteroatoms. The number of halogens is 3. The van der Waals surface area contributed by atoms with Gasteiger partial charge in [0.25, 0.3) is 6.43 Å². The lowest BCUT2D eigenvalue weighted by Crippen LogP contribution is -1.86. The molecule has 15 heavy (non-hydrogen) atoms. The molecule has 0 aliphatic heterocycles. The minimum absolute atomic E-state index is 0.198. The second-order valence-corrected chi connectivity index (χ2v) is 3.77. The lowest BCUT2D eigenvalue weighted by atomic mass is 10.2. The number of hydrogen-bond acceptors (Lipinski definition) is 2. The highest BCUT2D eigenvalue weighted by molar-refractivity contribution is 9.10. The first-order valence-electron chi connectivity index (χ1n) is 4.13. The average molecular weight is 277 g/mol. The quantitative estimate of drug-likeness (QED) is 0.914. The van der Waals surface area contributed by atoms with Crippen molar-refractivity contribution >= 4 is 26.8 Å². The van der Waals surface area contributed by atoms with Crippen molar-refractivity contribution in [1.82, 2.24) is 10.2 Å². The van der Waals surface area contributed by atoms with Crippen molar-refractivity contribution in [2.75, 3.05) is 7.11 Å². The summed E-state index contributed by atoms with van der Waals surface area (Å²) in [5, 5.41) is 6.50. The van der Waals surface area contributed by atoms with Crippen LogP contribution in [0.2, 0.25) is 0 Å². The third-order valence-corrected chi connectivity index (χ3v) is 2.75. The standard InChI is InChI=1S/C9H7BrF2N2O/c1-15-5-3-2-4(10)6-7(5)13-14-8(6)9(11)12/h2-3,9H,1H3,(H,13,14). The Bertz CT molecular complexity index is 498. The first-order valence-corrected chi connectivity index (χ1v) is 4.93. The van der Waals surface area contributed by atoms with E-state index in [1.807, 2.05) is 0 Å². The normalized spacial score (nSPS) is 11.3. The summed E-state index contributed by atoms with van der Waals surface area (Å²) in [4.78, 5) is 0. The largest absolute Gasteiger partial charge is 0.494 e. The van der Waals surface area contributed by atoms with Crippen LogP contribution in [0.3, 0.4) is 0 Å². The van der Waals surface area contributed by atoms with Gasteiger partial charge in [0.05, 0.1) is 7.11 Å². The molecule has 0 atom stereocenters. The number of H-pyrrole nitrogens is 1. The second kappa shape index (κ2) is 3.77. The van der Waals surface area contributed by atoms with E-state index >= 15 is 0 Å².